The summed E-state index contributed by atoms with van der Waals surface area (Å²) in [4.78, 5) is 8.13. The van der Waals surface area contributed by atoms with Crippen molar-refractivity contribution < 1.29 is 9.47 Å². The van der Waals surface area contributed by atoms with Gasteiger partial charge in [0.15, 0.2) is 0 Å². The van der Waals surface area contributed by atoms with Crippen molar-refractivity contribution >= 4 is 5.82 Å². The molecule has 0 spiro atoms. The first kappa shape index (κ1) is 13.7. The third-order valence-corrected chi connectivity index (χ3v) is 2.33. The molecular formula is C12H21N3O2. The van der Waals surface area contributed by atoms with E-state index in [1.54, 1.807) is 0 Å². The number of aromatic nitrogens is 2. The fourth-order valence-corrected chi connectivity index (χ4v) is 1.54. The molecule has 0 aliphatic rings. The number of ether oxygens (including phenoxy) is 2. The van der Waals surface area contributed by atoms with Crippen molar-refractivity contribution in [3.8, 4) is 5.88 Å². The van der Waals surface area contributed by atoms with E-state index in [2.05, 4.69) is 9.97 Å². The minimum absolute atomic E-state index is 0.0539. The van der Waals surface area contributed by atoms with Gasteiger partial charge in [-0.1, -0.05) is 13.8 Å². The Balaban J connectivity index is 2.79. The molecule has 1 unspecified atom stereocenters. The summed E-state index contributed by atoms with van der Waals surface area (Å²) < 4.78 is 11.0. The van der Waals surface area contributed by atoms with Crippen LogP contribution in [0.25, 0.3) is 0 Å². The highest BCUT2D eigenvalue weighted by Crippen LogP contribution is 2.28. The number of anilines is 1. The molecule has 0 aliphatic carbocycles. The molecule has 5 nitrogen and oxygen atoms in total. The molecule has 5 heteroatoms. The molecule has 96 valence electrons. The van der Waals surface area contributed by atoms with Crippen LogP contribution in [0.15, 0.2) is 6.33 Å². The van der Waals surface area contributed by atoms with Gasteiger partial charge in [0.2, 0.25) is 5.88 Å². The van der Waals surface area contributed by atoms with Gasteiger partial charge in [-0.3, -0.25) is 0 Å². The number of rotatable bonds is 6. The van der Waals surface area contributed by atoms with Gasteiger partial charge in [-0.15, -0.1) is 0 Å². The van der Waals surface area contributed by atoms with Gasteiger partial charge in [-0.2, -0.15) is 0 Å². The Bertz CT molecular complexity index is 356. The Morgan fingerprint density at radius 3 is 2.59 bits per heavy atom. The molecule has 1 aromatic rings. The van der Waals surface area contributed by atoms with Crippen LogP contribution in [0.3, 0.4) is 0 Å². The zero-order valence-corrected chi connectivity index (χ0v) is 10.9. The van der Waals surface area contributed by atoms with Crippen LogP contribution in [-0.2, 0) is 4.74 Å². The molecule has 17 heavy (non-hydrogen) atoms. The third-order valence-electron chi connectivity index (χ3n) is 2.33. The SMILES string of the molecule is CCOCC(C)Oc1ncnc(N)c1C(C)C. The first-order chi connectivity index (χ1) is 8.06. The molecule has 1 aromatic heterocycles. The van der Waals surface area contributed by atoms with Gasteiger partial charge in [0.05, 0.1) is 12.2 Å². The number of nitrogen functional groups attached to an aromatic ring is 1. The van der Waals surface area contributed by atoms with Crippen molar-refractivity contribution in [2.24, 2.45) is 0 Å². The largest absolute Gasteiger partial charge is 0.472 e. The van der Waals surface area contributed by atoms with E-state index in [0.717, 1.165) is 5.56 Å². The molecule has 0 fully saturated rings. The van der Waals surface area contributed by atoms with Crippen LogP contribution in [0, 0.1) is 0 Å². The molecule has 0 aliphatic heterocycles. The second-order valence-corrected chi connectivity index (χ2v) is 4.22. The van der Waals surface area contributed by atoms with Crippen molar-refractivity contribution in [3.63, 3.8) is 0 Å². The molecule has 0 radical (unpaired) electrons. The van der Waals surface area contributed by atoms with Gasteiger partial charge >= 0.3 is 0 Å². The fraction of sp³-hybridized carbons (Fsp3) is 0.667. The monoisotopic (exact) mass is 239 g/mol. The van der Waals surface area contributed by atoms with E-state index >= 15 is 0 Å². The normalized spacial score (nSPS) is 12.8. The zero-order valence-electron chi connectivity index (χ0n) is 10.9. The number of hydrogen-bond donors (Lipinski definition) is 1. The van der Waals surface area contributed by atoms with Crippen molar-refractivity contribution in [2.75, 3.05) is 18.9 Å². The predicted molar refractivity (Wildman–Crippen MR) is 67.1 cm³/mol. The Morgan fingerprint density at radius 1 is 1.29 bits per heavy atom. The first-order valence-corrected chi connectivity index (χ1v) is 5.91. The summed E-state index contributed by atoms with van der Waals surface area (Å²) in [5.41, 5.74) is 6.69. The quantitative estimate of drug-likeness (QED) is 0.822. The average Bonchev–Trinajstić information content (AvgIpc) is 2.25. The van der Waals surface area contributed by atoms with Crippen LogP contribution in [0.1, 0.15) is 39.2 Å². The second-order valence-electron chi connectivity index (χ2n) is 4.22. The van der Waals surface area contributed by atoms with Crippen LogP contribution < -0.4 is 10.5 Å². The Morgan fingerprint density at radius 2 is 2.00 bits per heavy atom. The van der Waals surface area contributed by atoms with Crippen LogP contribution in [0.5, 0.6) is 5.88 Å². The smallest absolute Gasteiger partial charge is 0.222 e. The Hall–Kier alpha value is -1.36. The summed E-state index contributed by atoms with van der Waals surface area (Å²) in [6.45, 7) is 9.19. The zero-order chi connectivity index (χ0) is 12.8. The summed E-state index contributed by atoms with van der Waals surface area (Å²) in [5, 5.41) is 0. The van der Waals surface area contributed by atoms with Crippen LogP contribution in [-0.4, -0.2) is 29.3 Å². The molecular weight excluding hydrogens is 218 g/mol. The summed E-state index contributed by atoms with van der Waals surface area (Å²) in [6.07, 6.45) is 1.37. The summed E-state index contributed by atoms with van der Waals surface area (Å²) in [7, 11) is 0. The Labute approximate surface area is 102 Å². The fourth-order valence-electron chi connectivity index (χ4n) is 1.54. The summed E-state index contributed by atoms with van der Waals surface area (Å²) >= 11 is 0. The van der Waals surface area contributed by atoms with E-state index in [9.17, 15) is 0 Å². The maximum atomic E-state index is 5.84. The van der Waals surface area contributed by atoms with Crippen LogP contribution >= 0.6 is 0 Å². The summed E-state index contributed by atoms with van der Waals surface area (Å²) in [5.74, 6) is 1.26. The molecule has 1 atom stereocenters. The number of nitrogens with two attached hydrogens (primary N) is 1. The highest BCUT2D eigenvalue weighted by atomic mass is 16.5. The van der Waals surface area contributed by atoms with Gasteiger partial charge in [-0.05, 0) is 19.8 Å². The van der Waals surface area contributed by atoms with Crippen molar-refractivity contribution in [3.05, 3.63) is 11.9 Å². The lowest BCUT2D eigenvalue weighted by atomic mass is 10.1. The molecule has 0 amide bonds. The summed E-state index contributed by atoms with van der Waals surface area (Å²) in [6, 6.07) is 0. The second kappa shape index (κ2) is 6.39. The molecule has 0 saturated carbocycles. The van der Waals surface area contributed by atoms with E-state index in [0.29, 0.717) is 24.9 Å². The number of nitrogens with zero attached hydrogens (tertiary/aromatic N) is 2. The molecule has 0 aromatic carbocycles. The minimum Gasteiger partial charge on any atom is -0.472 e. The van der Waals surface area contributed by atoms with E-state index in [1.165, 1.54) is 6.33 Å². The van der Waals surface area contributed by atoms with Crippen LogP contribution in [0.4, 0.5) is 5.82 Å². The maximum Gasteiger partial charge on any atom is 0.222 e. The van der Waals surface area contributed by atoms with Crippen molar-refractivity contribution in [1.29, 1.82) is 0 Å². The predicted octanol–water partition coefficient (Wildman–Crippen LogP) is 1.99. The Kier molecular flexibility index (Phi) is 5.15. The standard InChI is InChI=1S/C12H21N3O2/c1-5-16-6-9(4)17-12-10(8(2)3)11(13)14-7-15-12/h7-9H,5-6H2,1-4H3,(H2,13,14,15). The van der Waals surface area contributed by atoms with Gasteiger partial charge in [0.1, 0.15) is 18.2 Å². The van der Waals surface area contributed by atoms with Gasteiger partial charge in [0, 0.05) is 6.61 Å². The lowest BCUT2D eigenvalue weighted by Crippen LogP contribution is -2.21. The minimum atomic E-state index is -0.0539. The molecule has 0 bridgehead atoms. The lowest BCUT2D eigenvalue weighted by Gasteiger charge is -2.18. The first-order valence-electron chi connectivity index (χ1n) is 5.91. The van der Waals surface area contributed by atoms with E-state index in [1.807, 2.05) is 27.7 Å². The van der Waals surface area contributed by atoms with Gasteiger partial charge < -0.3 is 15.2 Å². The van der Waals surface area contributed by atoms with E-state index in [4.69, 9.17) is 15.2 Å². The van der Waals surface area contributed by atoms with Crippen LogP contribution in [0.2, 0.25) is 0 Å². The molecule has 1 rings (SSSR count). The lowest BCUT2D eigenvalue weighted by molar-refractivity contribution is 0.0626. The van der Waals surface area contributed by atoms with Gasteiger partial charge in [0.25, 0.3) is 0 Å². The number of hydrogen-bond acceptors (Lipinski definition) is 5. The third kappa shape index (κ3) is 3.85. The topological polar surface area (TPSA) is 70.3 Å². The highest BCUT2D eigenvalue weighted by molar-refractivity contribution is 5.46. The molecule has 2 N–H and O–H groups in total. The van der Waals surface area contributed by atoms with E-state index in [-0.39, 0.29) is 12.0 Å². The van der Waals surface area contributed by atoms with E-state index < -0.39 is 0 Å². The van der Waals surface area contributed by atoms with Crippen molar-refractivity contribution in [1.82, 2.24) is 9.97 Å². The highest BCUT2D eigenvalue weighted by Gasteiger charge is 2.16. The van der Waals surface area contributed by atoms with Crippen molar-refractivity contribution in [2.45, 2.75) is 39.7 Å². The average molecular weight is 239 g/mol. The molecule has 0 saturated heterocycles. The maximum absolute atomic E-state index is 5.84. The van der Waals surface area contributed by atoms with Gasteiger partial charge in [-0.25, -0.2) is 9.97 Å². The molecule has 1 heterocycles.